The molecule has 24 heavy (non-hydrogen) atoms. The van der Waals surface area contributed by atoms with Gasteiger partial charge in [-0.15, -0.1) is 0 Å². The van der Waals surface area contributed by atoms with Crippen LogP contribution in [0.15, 0.2) is 41.3 Å². The van der Waals surface area contributed by atoms with Crippen molar-refractivity contribution >= 4 is 16.8 Å². The highest BCUT2D eigenvalue weighted by Crippen LogP contribution is 2.18. The van der Waals surface area contributed by atoms with Gasteiger partial charge in [-0.1, -0.05) is 18.2 Å². The van der Waals surface area contributed by atoms with Gasteiger partial charge in [0.05, 0.1) is 11.3 Å². The molecule has 0 radical (unpaired) electrons. The topological polar surface area (TPSA) is 79.8 Å². The van der Waals surface area contributed by atoms with Crippen molar-refractivity contribution in [3.63, 3.8) is 0 Å². The van der Waals surface area contributed by atoms with E-state index in [2.05, 4.69) is 19.9 Å². The molecule has 1 aliphatic rings. The van der Waals surface area contributed by atoms with Crippen LogP contribution in [-0.4, -0.2) is 26.5 Å². The lowest BCUT2D eigenvalue weighted by Crippen LogP contribution is -2.41. The number of rotatable bonds is 2. The molecule has 1 atom stereocenters. The molecule has 6 heteroatoms. The largest absolute Gasteiger partial charge is 0.347 e. The summed E-state index contributed by atoms with van der Waals surface area (Å²) in [5, 5.41) is 3.82. The number of fused-ring (bicyclic) bond motifs is 2. The van der Waals surface area contributed by atoms with Crippen LogP contribution in [0, 0.1) is 6.92 Å². The van der Waals surface area contributed by atoms with E-state index in [1.165, 1.54) is 6.07 Å². The Morgan fingerprint density at radius 2 is 2.21 bits per heavy atom. The van der Waals surface area contributed by atoms with Crippen molar-refractivity contribution in [2.45, 2.75) is 32.4 Å². The molecule has 0 fully saturated rings. The highest BCUT2D eigenvalue weighted by atomic mass is 16.2. The zero-order valence-corrected chi connectivity index (χ0v) is 13.4. The van der Waals surface area contributed by atoms with E-state index in [4.69, 9.17) is 0 Å². The van der Waals surface area contributed by atoms with Crippen LogP contribution in [0.3, 0.4) is 0 Å². The minimum atomic E-state index is -0.269. The van der Waals surface area contributed by atoms with Crippen molar-refractivity contribution in [2.75, 3.05) is 0 Å². The second kappa shape index (κ2) is 5.63. The Bertz CT molecular complexity index is 986. The first-order chi connectivity index (χ1) is 11.6. The fourth-order valence-corrected chi connectivity index (χ4v) is 3.36. The molecular formula is C18H18N4O2. The molecule has 1 amide bonds. The van der Waals surface area contributed by atoms with Crippen LogP contribution in [0.1, 0.15) is 28.3 Å². The Morgan fingerprint density at radius 3 is 3.08 bits per heavy atom. The molecule has 4 rings (SSSR count). The van der Waals surface area contributed by atoms with E-state index in [0.717, 1.165) is 29.7 Å². The Morgan fingerprint density at radius 1 is 1.38 bits per heavy atom. The van der Waals surface area contributed by atoms with E-state index in [-0.39, 0.29) is 17.5 Å². The van der Waals surface area contributed by atoms with E-state index >= 15 is 0 Å². The summed E-state index contributed by atoms with van der Waals surface area (Å²) in [4.78, 5) is 31.8. The SMILES string of the molecule is Cc1cn2c(n1)CC[C@H](NC(=O)c1cc(=O)[nH]c3ccccc13)C2. The zero-order chi connectivity index (χ0) is 16.7. The first-order valence-electron chi connectivity index (χ1n) is 8.06. The quantitative estimate of drug-likeness (QED) is 0.755. The van der Waals surface area contributed by atoms with Crippen molar-refractivity contribution in [3.8, 4) is 0 Å². The fourth-order valence-electron chi connectivity index (χ4n) is 3.36. The van der Waals surface area contributed by atoms with Gasteiger partial charge in [0.25, 0.3) is 5.91 Å². The van der Waals surface area contributed by atoms with E-state index in [1.54, 1.807) is 6.07 Å². The van der Waals surface area contributed by atoms with Crippen molar-refractivity contribution in [1.29, 1.82) is 0 Å². The Balaban J connectivity index is 1.60. The van der Waals surface area contributed by atoms with E-state index in [1.807, 2.05) is 31.3 Å². The molecule has 0 bridgehead atoms. The highest BCUT2D eigenvalue weighted by Gasteiger charge is 2.22. The average Bonchev–Trinajstić information content (AvgIpc) is 2.93. The first-order valence-corrected chi connectivity index (χ1v) is 8.06. The predicted octanol–water partition coefficient (Wildman–Crippen LogP) is 1.78. The third kappa shape index (κ3) is 2.60. The molecule has 0 aliphatic carbocycles. The van der Waals surface area contributed by atoms with Crippen LogP contribution in [0.2, 0.25) is 0 Å². The number of nitrogens with one attached hydrogen (secondary N) is 2. The number of hydrogen-bond acceptors (Lipinski definition) is 3. The molecule has 3 heterocycles. The van der Waals surface area contributed by atoms with Gasteiger partial charge in [0.15, 0.2) is 0 Å². The molecule has 2 aromatic heterocycles. The number of aryl methyl sites for hydroxylation is 2. The van der Waals surface area contributed by atoms with Gasteiger partial charge >= 0.3 is 0 Å². The van der Waals surface area contributed by atoms with Crippen LogP contribution < -0.4 is 10.9 Å². The third-order valence-corrected chi connectivity index (χ3v) is 4.44. The van der Waals surface area contributed by atoms with Crippen molar-refractivity contribution < 1.29 is 4.79 Å². The number of aromatic nitrogens is 3. The number of pyridine rings is 1. The lowest BCUT2D eigenvalue weighted by Gasteiger charge is -2.24. The minimum absolute atomic E-state index is 0.0386. The van der Waals surface area contributed by atoms with Gasteiger partial charge in [-0.2, -0.15) is 0 Å². The molecule has 6 nitrogen and oxygen atoms in total. The molecule has 1 aliphatic heterocycles. The standard InChI is InChI=1S/C18H18N4O2/c1-11-9-22-10-12(6-7-16(22)19-11)20-18(24)14-8-17(23)21-15-5-3-2-4-13(14)15/h2-5,8-9,12H,6-7,10H2,1H3,(H,20,24)(H,21,23)/t12-/m0/s1. The van der Waals surface area contributed by atoms with Gasteiger partial charge in [-0.05, 0) is 19.4 Å². The monoisotopic (exact) mass is 322 g/mol. The van der Waals surface area contributed by atoms with Crippen molar-refractivity contribution in [3.05, 3.63) is 64.0 Å². The molecule has 122 valence electrons. The van der Waals surface area contributed by atoms with Gasteiger partial charge in [-0.3, -0.25) is 9.59 Å². The summed E-state index contributed by atoms with van der Waals surface area (Å²) < 4.78 is 2.10. The fraction of sp³-hybridized carbons (Fsp3) is 0.278. The van der Waals surface area contributed by atoms with Gasteiger partial charge in [-0.25, -0.2) is 4.98 Å². The summed E-state index contributed by atoms with van der Waals surface area (Å²) in [6, 6.07) is 8.75. The second-order valence-electron chi connectivity index (χ2n) is 6.25. The molecule has 0 spiro atoms. The van der Waals surface area contributed by atoms with Crippen LogP contribution in [-0.2, 0) is 13.0 Å². The number of carbonyl (C=O) groups excluding carboxylic acids is 1. The summed E-state index contributed by atoms with van der Waals surface area (Å²) in [5.74, 6) is 0.863. The number of benzene rings is 1. The maximum Gasteiger partial charge on any atom is 0.252 e. The number of carbonyl (C=O) groups is 1. The molecule has 0 unspecified atom stereocenters. The molecule has 0 saturated heterocycles. The lowest BCUT2D eigenvalue weighted by molar-refractivity contribution is 0.0929. The number of aromatic amines is 1. The van der Waals surface area contributed by atoms with Crippen LogP contribution in [0.25, 0.3) is 10.9 Å². The van der Waals surface area contributed by atoms with Crippen LogP contribution in [0.5, 0.6) is 0 Å². The van der Waals surface area contributed by atoms with Gasteiger partial charge in [0.2, 0.25) is 5.56 Å². The smallest absolute Gasteiger partial charge is 0.252 e. The van der Waals surface area contributed by atoms with Crippen LogP contribution in [0.4, 0.5) is 0 Å². The number of H-pyrrole nitrogens is 1. The van der Waals surface area contributed by atoms with E-state index in [0.29, 0.717) is 17.6 Å². The van der Waals surface area contributed by atoms with E-state index in [9.17, 15) is 9.59 Å². The summed E-state index contributed by atoms with van der Waals surface area (Å²) in [7, 11) is 0. The number of imidazole rings is 1. The van der Waals surface area contributed by atoms with Gasteiger partial charge in [0, 0.05) is 42.2 Å². The van der Waals surface area contributed by atoms with E-state index < -0.39 is 0 Å². The Labute approximate surface area is 138 Å². The normalized spacial score (nSPS) is 16.8. The summed E-state index contributed by atoms with van der Waals surface area (Å²) in [6.07, 6.45) is 3.70. The molecule has 2 N–H and O–H groups in total. The first kappa shape index (κ1) is 14.7. The number of nitrogens with zero attached hydrogens (tertiary/aromatic N) is 2. The number of para-hydroxylation sites is 1. The third-order valence-electron chi connectivity index (χ3n) is 4.44. The van der Waals surface area contributed by atoms with Crippen molar-refractivity contribution in [2.24, 2.45) is 0 Å². The molecule has 0 saturated carbocycles. The van der Waals surface area contributed by atoms with Crippen LogP contribution >= 0.6 is 0 Å². The van der Waals surface area contributed by atoms with Gasteiger partial charge < -0.3 is 14.9 Å². The Hall–Kier alpha value is -2.89. The minimum Gasteiger partial charge on any atom is -0.347 e. The maximum absolute atomic E-state index is 12.7. The summed E-state index contributed by atoms with van der Waals surface area (Å²) >= 11 is 0. The number of hydrogen-bond donors (Lipinski definition) is 2. The van der Waals surface area contributed by atoms with Gasteiger partial charge in [0.1, 0.15) is 5.82 Å². The highest BCUT2D eigenvalue weighted by molar-refractivity contribution is 6.06. The predicted molar refractivity (Wildman–Crippen MR) is 91.1 cm³/mol. The molecule has 3 aromatic rings. The average molecular weight is 322 g/mol. The summed E-state index contributed by atoms with van der Waals surface area (Å²) in [5.41, 5.74) is 1.82. The molecular weight excluding hydrogens is 304 g/mol. The number of amides is 1. The van der Waals surface area contributed by atoms with Crippen molar-refractivity contribution in [1.82, 2.24) is 19.9 Å². The Kier molecular flexibility index (Phi) is 3.45. The second-order valence-corrected chi connectivity index (χ2v) is 6.25. The lowest BCUT2D eigenvalue weighted by atomic mass is 10.0. The zero-order valence-electron chi connectivity index (χ0n) is 13.4. The summed E-state index contributed by atoms with van der Waals surface area (Å²) in [6.45, 7) is 2.68. The molecule has 1 aromatic carbocycles. The maximum atomic E-state index is 12.7.